The van der Waals surface area contributed by atoms with Crippen LogP contribution in [0, 0.1) is 5.92 Å². The number of piperidine rings is 1. The van der Waals surface area contributed by atoms with Crippen LogP contribution in [0.5, 0.6) is 0 Å². The molecule has 0 aromatic rings. The lowest BCUT2D eigenvalue weighted by Crippen LogP contribution is -2.51. The number of hydrogen-bond acceptors (Lipinski definition) is 2. The van der Waals surface area contributed by atoms with Gasteiger partial charge in [-0.2, -0.15) is 0 Å². The fraction of sp³-hybridized carbons (Fsp3) is 0.800. The third-order valence-corrected chi connectivity index (χ3v) is 4.33. The average Bonchev–Trinajstić information content (AvgIpc) is 2.46. The summed E-state index contributed by atoms with van der Waals surface area (Å²) in [6.45, 7) is 2.59. The molecule has 2 rings (SSSR count). The number of allylic oxidation sites excluding steroid dienone is 2. The molecule has 2 atom stereocenters. The Bertz CT molecular complexity index is 327. The Morgan fingerprint density at radius 3 is 2.89 bits per heavy atom. The van der Waals surface area contributed by atoms with Gasteiger partial charge >= 0.3 is 6.03 Å². The summed E-state index contributed by atoms with van der Waals surface area (Å²) >= 11 is 0. The van der Waals surface area contributed by atoms with Gasteiger partial charge in [0.15, 0.2) is 0 Å². The van der Waals surface area contributed by atoms with Crippen molar-refractivity contribution in [3.05, 3.63) is 12.2 Å². The van der Waals surface area contributed by atoms with Crippen LogP contribution in [0.4, 0.5) is 4.79 Å². The van der Waals surface area contributed by atoms with Crippen molar-refractivity contribution in [2.24, 2.45) is 5.92 Å². The second-order valence-electron chi connectivity index (χ2n) is 6.04. The zero-order valence-corrected chi connectivity index (χ0v) is 12.3. The van der Waals surface area contributed by atoms with E-state index in [9.17, 15) is 4.79 Å². The molecule has 0 aromatic heterocycles. The van der Waals surface area contributed by atoms with Gasteiger partial charge < -0.3 is 15.1 Å². The van der Waals surface area contributed by atoms with Gasteiger partial charge in [0.25, 0.3) is 0 Å². The van der Waals surface area contributed by atoms with Gasteiger partial charge in [0.2, 0.25) is 0 Å². The van der Waals surface area contributed by atoms with Crippen molar-refractivity contribution in [1.82, 2.24) is 15.1 Å². The zero-order chi connectivity index (χ0) is 13.7. The third kappa shape index (κ3) is 4.23. The lowest BCUT2D eigenvalue weighted by Gasteiger charge is -2.36. The quantitative estimate of drug-likeness (QED) is 0.793. The van der Waals surface area contributed by atoms with Gasteiger partial charge in [-0.3, -0.25) is 0 Å². The molecular formula is C15H27N3O. The molecular weight excluding hydrogens is 238 g/mol. The molecule has 1 aliphatic heterocycles. The Morgan fingerprint density at radius 2 is 2.21 bits per heavy atom. The van der Waals surface area contributed by atoms with Crippen LogP contribution in [0.3, 0.4) is 0 Å². The second kappa shape index (κ2) is 6.94. The predicted octanol–water partition coefficient (Wildman–Crippen LogP) is 2.08. The van der Waals surface area contributed by atoms with Crippen LogP contribution < -0.4 is 5.32 Å². The van der Waals surface area contributed by atoms with Gasteiger partial charge in [0.05, 0.1) is 0 Å². The van der Waals surface area contributed by atoms with Crippen LogP contribution in [0.2, 0.25) is 0 Å². The van der Waals surface area contributed by atoms with Crippen LogP contribution in [0.25, 0.3) is 0 Å². The Labute approximate surface area is 116 Å². The highest BCUT2D eigenvalue weighted by molar-refractivity contribution is 5.74. The van der Waals surface area contributed by atoms with Crippen LogP contribution in [0.1, 0.15) is 32.1 Å². The number of hydrogen-bond donors (Lipinski definition) is 1. The molecule has 0 unspecified atom stereocenters. The first-order valence-corrected chi connectivity index (χ1v) is 7.51. The van der Waals surface area contributed by atoms with Gasteiger partial charge in [-0.1, -0.05) is 12.2 Å². The molecule has 0 saturated carbocycles. The van der Waals surface area contributed by atoms with Crippen molar-refractivity contribution in [3.63, 3.8) is 0 Å². The molecule has 108 valence electrons. The van der Waals surface area contributed by atoms with Crippen molar-refractivity contribution < 1.29 is 4.79 Å². The molecule has 0 radical (unpaired) electrons. The Hall–Kier alpha value is -1.03. The highest BCUT2D eigenvalue weighted by Gasteiger charge is 2.25. The van der Waals surface area contributed by atoms with E-state index in [1.165, 1.54) is 12.8 Å². The summed E-state index contributed by atoms with van der Waals surface area (Å²) in [6.07, 6.45) is 10.3. The summed E-state index contributed by atoms with van der Waals surface area (Å²) in [5.41, 5.74) is 0. The standard InChI is InChI=1S/C15H27N3O/c1-17(2)14-9-6-10-18(12-14)15(19)16-11-13-7-4-3-5-8-13/h3-4,13-14H,5-12H2,1-2H3,(H,16,19)/t13-,14+/m1/s1. The molecule has 1 fully saturated rings. The number of nitrogens with zero attached hydrogens (tertiary/aromatic N) is 2. The highest BCUT2D eigenvalue weighted by atomic mass is 16.2. The Morgan fingerprint density at radius 1 is 1.37 bits per heavy atom. The fourth-order valence-corrected chi connectivity index (χ4v) is 2.95. The number of nitrogens with one attached hydrogen (secondary N) is 1. The maximum atomic E-state index is 12.2. The van der Waals surface area contributed by atoms with Gasteiger partial charge in [-0.25, -0.2) is 4.79 Å². The Kier molecular flexibility index (Phi) is 5.25. The Balaban J connectivity index is 1.74. The van der Waals surface area contributed by atoms with E-state index >= 15 is 0 Å². The molecule has 1 heterocycles. The molecule has 1 aliphatic carbocycles. The first-order chi connectivity index (χ1) is 9.16. The van der Waals surface area contributed by atoms with Crippen LogP contribution >= 0.6 is 0 Å². The molecule has 0 bridgehead atoms. The van der Waals surface area contributed by atoms with Crippen LogP contribution in [0.15, 0.2) is 12.2 Å². The molecule has 19 heavy (non-hydrogen) atoms. The molecule has 4 nitrogen and oxygen atoms in total. The lowest BCUT2D eigenvalue weighted by atomic mass is 9.94. The maximum Gasteiger partial charge on any atom is 0.317 e. The fourth-order valence-electron chi connectivity index (χ4n) is 2.95. The van der Waals surface area contributed by atoms with Crippen molar-refractivity contribution in [3.8, 4) is 0 Å². The van der Waals surface area contributed by atoms with E-state index in [2.05, 4.69) is 36.5 Å². The number of amides is 2. The van der Waals surface area contributed by atoms with Gasteiger partial charge in [-0.15, -0.1) is 0 Å². The summed E-state index contributed by atoms with van der Waals surface area (Å²) < 4.78 is 0. The third-order valence-electron chi connectivity index (χ3n) is 4.33. The molecule has 0 aromatic carbocycles. The molecule has 2 aliphatic rings. The summed E-state index contributed by atoms with van der Waals surface area (Å²) in [5.74, 6) is 0.628. The highest BCUT2D eigenvalue weighted by Crippen LogP contribution is 2.17. The van der Waals surface area contributed by atoms with Crippen molar-refractivity contribution in [2.75, 3.05) is 33.7 Å². The van der Waals surface area contributed by atoms with Crippen molar-refractivity contribution in [2.45, 2.75) is 38.1 Å². The second-order valence-corrected chi connectivity index (χ2v) is 6.04. The minimum absolute atomic E-state index is 0.126. The van der Waals surface area contributed by atoms with E-state index in [0.717, 1.165) is 38.9 Å². The summed E-state index contributed by atoms with van der Waals surface area (Å²) in [7, 11) is 4.20. The average molecular weight is 265 g/mol. The molecule has 1 N–H and O–H groups in total. The topological polar surface area (TPSA) is 35.6 Å². The van der Waals surface area contributed by atoms with E-state index < -0.39 is 0 Å². The first kappa shape index (κ1) is 14.4. The largest absolute Gasteiger partial charge is 0.338 e. The van der Waals surface area contributed by atoms with E-state index in [-0.39, 0.29) is 6.03 Å². The monoisotopic (exact) mass is 265 g/mol. The number of likely N-dealkylation sites (tertiary alicyclic amines) is 1. The summed E-state index contributed by atoms with van der Waals surface area (Å²) in [6, 6.07) is 0.637. The minimum Gasteiger partial charge on any atom is -0.338 e. The zero-order valence-electron chi connectivity index (χ0n) is 12.3. The van der Waals surface area contributed by atoms with E-state index in [4.69, 9.17) is 0 Å². The minimum atomic E-state index is 0.126. The molecule has 0 spiro atoms. The lowest BCUT2D eigenvalue weighted by molar-refractivity contribution is 0.139. The van der Waals surface area contributed by atoms with E-state index in [1.54, 1.807) is 0 Å². The SMILES string of the molecule is CN(C)[C@H]1CCCN(C(=O)NC[C@@H]2CC=CCC2)C1. The van der Waals surface area contributed by atoms with Crippen molar-refractivity contribution >= 4 is 6.03 Å². The van der Waals surface area contributed by atoms with Gasteiger partial charge in [0, 0.05) is 25.7 Å². The maximum absolute atomic E-state index is 12.2. The van der Waals surface area contributed by atoms with Crippen LogP contribution in [-0.4, -0.2) is 55.6 Å². The van der Waals surface area contributed by atoms with Gasteiger partial charge in [0.1, 0.15) is 0 Å². The summed E-state index contributed by atoms with van der Waals surface area (Å²) in [5, 5.41) is 3.12. The number of rotatable bonds is 3. The van der Waals surface area contributed by atoms with Crippen molar-refractivity contribution in [1.29, 1.82) is 0 Å². The van der Waals surface area contributed by atoms with Gasteiger partial charge in [-0.05, 0) is 52.1 Å². The van der Waals surface area contributed by atoms with Crippen LogP contribution in [-0.2, 0) is 0 Å². The van der Waals surface area contributed by atoms with E-state index in [0.29, 0.717) is 12.0 Å². The first-order valence-electron chi connectivity index (χ1n) is 7.51. The molecule has 2 amide bonds. The molecule has 4 heteroatoms. The summed E-state index contributed by atoms with van der Waals surface area (Å²) in [4.78, 5) is 16.4. The number of likely N-dealkylation sites (N-methyl/N-ethyl adjacent to an activating group) is 1. The predicted molar refractivity (Wildman–Crippen MR) is 78.2 cm³/mol. The number of carbonyl (C=O) groups is 1. The smallest absolute Gasteiger partial charge is 0.317 e. The van der Waals surface area contributed by atoms with E-state index in [1.807, 2.05) is 4.90 Å². The molecule has 1 saturated heterocycles. The number of carbonyl (C=O) groups excluding carboxylic acids is 1. The normalized spacial score (nSPS) is 27.6. The number of urea groups is 1.